The molecule has 0 atom stereocenters. The fourth-order valence-corrected chi connectivity index (χ4v) is 1.73. The molecular formula is C15H14FNO. The van der Waals surface area contributed by atoms with Crippen molar-refractivity contribution in [2.24, 2.45) is 0 Å². The van der Waals surface area contributed by atoms with Crippen LogP contribution in [-0.4, -0.2) is 5.78 Å². The quantitative estimate of drug-likeness (QED) is 0.650. The molecule has 0 saturated carbocycles. The molecule has 0 unspecified atom stereocenters. The first kappa shape index (κ1) is 12.3. The lowest BCUT2D eigenvalue weighted by molar-refractivity contribution is 0.103. The van der Waals surface area contributed by atoms with Crippen molar-refractivity contribution in [2.75, 3.05) is 5.73 Å². The second-order valence-corrected chi connectivity index (χ2v) is 4.36. The predicted molar refractivity (Wildman–Crippen MR) is 70.2 cm³/mol. The van der Waals surface area contributed by atoms with Crippen molar-refractivity contribution in [1.82, 2.24) is 0 Å². The monoisotopic (exact) mass is 243 g/mol. The third-order valence-corrected chi connectivity index (χ3v) is 2.96. The Morgan fingerprint density at radius 2 is 1.61 bits per heavy atom. The van der Waals surface area contributed by atoms with Gasteiger partial charge in [0.15, 0.2) is 5.78 Å². The van der Waals surface area contributed by atoms with Crippen molar-refractivity contribution in [1.29, 1.82) is 0 Å². The first-order valence-corrected chi connectivity index (χ1v) is 5.66. The average Bonchev–Trinajstić information content (AvgIpc) is 2.35. The van der Waals surface area contributed by atoms with Gasteiger partial charge < -0.3 is 5.73 Å². The first-order chi connectivity index (χ1) is 8.49. The smallest absolute Gasteiger partial charge is 0.193 e. The normalized spacial score (nSPS) is 10.4. The van der Waals surface area contributed by atoms with Crippen molar-refractivity contribution in [2.45, 2.75) is 13.8 Å². The fourth-order valence-electron chi connectivity index (χ4n) is 1.73. The molecule has 0 fully saturated rings. The molecule has 0 aliphatic carbocycles. The number of carbonyl (C=O) groups excluding carboxylic acids is 1. The molecule has 2 N–H and O–H groups in total. The number of hydrogen-bond donors (Lipinski definition) is 1. The van der Waals surface area contributed by atoms with Gasteiger partial charge >= 0.3 is 0 Å². The SMILES string of the molecule is Cc1ccc(C(=O)c2ccc(F)c(C)c2)cc1N. The maximum atomic E-state index is 13.2. The molecule has 2 rings (SSSR count). The van der Waals surface area contributed by atoms with E-state index in [1.165, 1.54) is 12.1 Å². The Kier molecular flexibility index (Phi) is 3.15. The number of nitrogen functional groups attached to an aromatic ring is 1. The molecule has 2 aromatic rings. The van der Waals surface area contributed by atoms with Crippen LogP contribution in [0.5, 0.6) is 0 Å². The van der Waals surface area contributed by atoms with Crippen LogP contribution in [0, 0.1) is 19.7 Å². The summed E-state index contributed by atoms with van der Waals surface area (Å²) in [4.78, 5) is 12.2. The summed E-state index contributed by atoms with van der Waals surface area (Å²) in [6.45, 7) is 3.52. The lowest BCUT2D eigenvalue weighted by Gasteiger charge is -2.06. The highest BCUT2D eigenvalue weighted by molar-refractivity contribution is 6.09. The molecule has 0 heterocycles. The van der Waals surface area contributed by atoms with E-state index in [4.69, 9.17) is 5.73 Å². The number of hydrogen-bond acceptors (Lipinski definition) is 2. The van der Waals surface area contributed by atoms with Crippen LogP contribution in [0.2, 0.25) is 0 Å². The summed E-state index contributed by atoms with van der Waals surface area (Å²) >= 11 is 0. The molecule has 18 heavy (non-hydrogen) atoms. The third-order valence-electron chi connectivity index (χ3n) is 2.96. The van der Waals surface area contributed by atoms with Crippen LogP contribution in [0.25, 0.3) is 0 Å². The van der Waals surface area contributed by atoms with Gasteiger partial charge in [0.1, 0.15) is 5.82 Å². The molecule has 0 spiro atoms. The summed E-state index contributed by atoms with van der Waals surface area (Å²) in [6, 6.07) is 9.52. The molecule has 0 radical (unpaired) electrons. The van der Waals surface area contributed by atoms with Gasteiger partial charge in [-0.05, 0) is 49.2 Å². The molecule has 0 aliphatic heterocycles. The molecule has 0 aliphatic rings. The number of anilines is 1. The second-order valence-electron chi connectivity index (χ2n) is 4.36. The fraction of sp³-hybridized carbons (Fsp3) is 0.133. The molecule has 0 bridgehead atoms. The van der Waals surface area contributed by atoms with Crippen molar-refractivity contribution in [3.05, 3.63) is 64.5 Å². The maximum absolute atomic E-state index is 13.2. The molecular weight excluding hydrogens is 229 g/mol. The molecule has 0 amide bonds. The average molecular weight is 243 g/mol. The zero-order valence-corrected chi connectivity index (χ0v) is 10.3. The predicted octanol–water partition coefficient (Wildman–Crippen LogP) is 3.26. The Bertz CT molecular complexity index is 566. The Balaban J connectivity index is 2.41. The molecule has 92 valence electrons. The summed E-state index contributed by atoms with van der Waals surface area (Å²) in [7, 11) is 0. The van der Waals surface area contributed by atoms with Crippen LogP contribution < -0.4 is 5.73 Å². The van der Waals surface area contributed by atoms with Crippen molar-refractivity contribution >= 4 is 11.5 Å². The van der Waals surface area contributed by atoms with Crippen molar-refractivity contribution < 1.29 is 9.18 Å². The molecule has 0 saturated heterocycles. The molecule has 0 aromatic heterocycles. The minimum absolute atomic E-state index is 0.148. The lowest BCUT2D eigenvalue weighted by atomic mass is 10.00. The van der Waals surface area contributed by atoms with Crippen LogP contribution in [-0.2, 0) is 0 Å². The van der Waals surface area contributed by atoms with E-state index in [0.717, 1.165) is 5.56 Å². The number of rotatable bonds is 2. The van der Waals surface area contributed by atoms with E-state index < -0.39 is 0 Å². The van der Waals surface area contributed by atoms with Gasteiger partial charge in [-0.3, -0.25) is 4.79 Å². The molecule has 2 nitrogen and oxygen atoms in total. The van der Waals surface area contributed by atoms with Gasteiger partial charge in [0, 0.05) is 16.8 Å². The summed E-state index contributed by atoms with van der Waals surface area (Å²) in [5.41, 5.74) is 8.74. The third kappa shape index (κ3) is 2.25. The number of nitrogens with two attached hydrogens (primary N) is 1. The summed E-state index contributed by atoms with van der Waals surface area (Å²) < 4.78 is 13.2. The van der Waals surface area contributed by atoms with Crippen LogP contribution in [0.1, 0.15) is 27.0 Å². The number of halogens is 1. The van der Waals surface area contributed by atoms with Gasteiger partial charge in [0.05, 0.1) is 0 Å². The van der Waals surface area contributed by atoms with Gasteiger partial charge in [-0.25, -0.2) is 4.39 Å². The van der Waals surface area contributed by atoms with Gasteiger partial charge in [0.2, 0.25) is 0 Å². The van der Waals surface area contributed by atoms with Crippen LogP contribution in [0.3, 0.4) is 0 Å². The van der Waals surface area contributed by atoms with Gasteiger partial charge in [-0.2, -0.15) is 0 Å². The van der Waals surface area contributed by atoms with E-state index in [9.17, 15) is 9.18 Å². The summed E-state index contributed by atoms with van der Waals surface area (Å²) in [5, 5.41) is 0. The standard InChI is InChI=1S/C15H14FNO/c1-9-3-4-12(8-14(9)17)15(18)11-5-6-13(16)10(2)7-11/h3-8H,17H2,1-2H3. The van der Waals surface area contributed by atoms with Crippen LogP contribution >= 0.6 is 0 Å². The summed E-state index contributed by atoms with van der Waals surface area (Å²) in [5.74, 6) is -0.459. The van der Waals surface area contributed by atoms with Gasteiger partial charge in [-0.1, -0.05) is 12.1 Å². The zero-order valence-electron chi connectivity index (χ0n) is 10.3. The molecule has 2 aromatic carbocycles. The summed E-state index contributed by atoms with van der Waals surface area (Å²) in [6.07, 6.45) is 0. The Labute approximate surface area is 105 Å². The first-order valence-electron chi connectivity index (χ1n) is 5.66. The zero-order chi connectivity index (χ0) is 13.3. The van der Waals surface area contributed by atoms with Crippen LogP contribution in [0.15, 0.2) is 36.4 Å². The largest absolute Gasteiger partial charge is 0.398 e. The van der Waals surface area contributed by atoms with E-state index in [1.54, 1.807) is 31.2 Å². The topological polar surface area (TPSA) is 43.1 Å². The maximum Gasteiger partial charge on any atom is 0.193 e. The lowest BCUT2D eigenvalue weighted by Crippen LogP contribution is -2.03. The van der Waals surface area contributed by atoms with E-state index in [1.807, 2.05) is 6.92 Å². The highest BCUT2D eigenvalue weighted by Crippen LogP contribution is 2.18. The van der Waals surface area contributed by atoms with E-state index >= 15 is 0 Å². The van der Waals surface area contributed by atoms with Crippen LogP contribution in [0.4, 0.5) is 10.1 Å². The van der Waals surface area contributed by atoms with Crippen molar-refractivity contribution in [3.63, 3.8) is 0 Å². The number of benzene rings is 2. The van der Waals surface area contributed by atoms with Gasteiger partial charge in [-0.15, -0.1) is 0 Å². The number of carbonyl (C=O) groups is 1. The minimum Gasteiger partial charge on any atom is -0.398 e. The van der Waals surface area contributed by atoms with E-state index in [-0.39, 0.29) is 11.6 Å². The van der Waals surface area contributed by atoms with Gasteiger partial charge in [0.25, 0.3) is 0 Å². The van der Waals surface area contributed by atoms with E-state index in [0.29, 0.717) is 22.4 Å². The van der Waals surface area contributed by atoms with Crippen molar-refractivity contribution in [3.8, 4) is 0 Å². The highest BCUT2D eigenvalue weighted by Gasteiger charge is 2.11. The number of aryl methyl sites for hydroxylation is 2. The Morgan fingerprint density at radius 3 is 2.22 bits per heavy atom. The minimum atomic E-state index is -0.310. The number of ketones is 1. The second kappa shape index (κ2) is 4.61. The van der Waals surface area contributed by atoms with E-state index in [2.05, 4.69) is 0 Å². The highest BCUT2D eigenvalue weighted by atomic mass is 19.1. The Morgan fingerprint density at radius 1 is 1.00 bits per heavy atom. The molecule has 3 heteroatoms. The Hall–Kier alpha value is -2.16.